The zero-order valence-corrected chi connectivity index (χ0v) is 18.4. The summed E-state index contributed by atoms with van der Waals surface area (Å²) in [7, 11) is 0. The summed E-state index contributed by atoms with van der Waals surface area (Å²) < 4.78 is 17.7. The third kappa shape index (κ3) is 4.44. The number of carbonyl (C=O) groups is 2. The first kappa shape index (κ1) is 20.5. The molecule has 1 aliphatic heterocycles. The highest BCUT2D eigenvalue weighted by Crippen LogP contribution is 2.34. The van der Waals surface area contributed by atoms with E-state index < -0.39 is 11.9 Å². The number of esters is 1. The topological polar surface area (TPSA) is 86.8 Å². The molecule has 1 aliphatic rings. The summed E-state index contributed by atoms with van der Waals surface area (Å²) in [4.78, 5) is 30.4. The summed E-state index contributed by atoms with van der Waals surface area (Å²) in [5.74, 6) is 0.392. The van der Waals surface area contributed by atoms with Crippen LogP contribution in [0.1, 0.15) is 9.67 Å². The van der Waals surface area contributed by atoms with E-state index in [-0.39, 0.29) is 19.3 Å². The Balaban J connectivity index is 1.11. The fourth-order valence-corrected chi connectivity index (χ4v) is 5.10. The molecule has 9 heteroatoms. The van der Waals surface area contributed by atoms with Gasteiger partial charge < -0.3 is 19.5 Å². The number of para-hydroxylation sites is 3. The van der Waals surface area contributed by atoms with Crippen molar-refractivity contribution in [2.24, 2.45) is 0 Å². The van der Waals surface area contributed by atoms with Crippen molar-refractivity contribution in [2.75, 3.05) is 19.8 Å². The van der Waals surface area contributed by atoms with Crippen molar-refractivity contribution in [3.05, 3.63) is 65.5 Å². The highest BCUT2D eigenvalue weighted by Gasteiger charge is 2.21. The molecule has 3 heterocycles. The quantitative estimate of drug-likeness (QED) is 0.430. The van der Waals surface area contributed by atoms with Crippen molar-refractivity contribution in [3.63, 3.8) is 0 Å². The van der Waals surface area contributed by atoms with Gasteiger partial charge in [0.15, 0.2) is 18.1 Å². The monoisotopic (exact) mass is 466 g/mol. The van der Waals surface area contributed by atoms with Gasteiger partial charge in [-0.3, -0.25) is 4.79 Å². The molecule has 5 rings (SSSR count). The molecule has 1 unspecified atom stereocenters. The molecule has 0 saturated carbocycles. The van der Waals surface area contributed by atoms with Gasteiger partial charge in [0, 0.05) is 0 Å². The molecule has 2 aromatic carbocycles. The Bertz CT molecular complexity index is 1250. The second kappa shape index (κ2) is 8.97. The summed E-state index contributed by atoms with van der Waals surface area (Å²) in [5, 5.41) is 3.56. The van der Waals surface area contributed by atoms with Crippen LogP contribution < -0.4 is 14.8 Å². The Labute approximate surface area is 191 Å². The molecule has 162 valence electrons. The first-order chi connectivity index (χ1) is 15.7. The lowest BCUT2D eigenvalue weighted by Crippen LogP contribution is -2.42. The van der Waals surface area contributed by atoms with Gasteiger partial charge in [-0.25, -0.2) is 9.78 Å². The molecule has 32 heavy (non-hydrogen) atoms. The third-order valence-electron chi connectivity index (χ3n) is 4.74. The summed E-state index contributed by atoms with van der Waals surface area (Å²) in [6.07, 6.45) is -0.307. The number of benzene rings is 2. The van der Waals surface area contributed by atoms with Gasteiger partial charge in [0.1, 0.15) is 22.6 Å². The molecule has 0 spiro atoms. The Morgan fingerprint density at radius 2 is 1.84 bits per heavy atom. The van der Waals surface area contributed by atoms with E-state index in [1.54, 1.807) is 17.4 Å². The average molecular weight is 467 g/mol. The number of thiazole rings is 1. The maximum atomic E-state index is 12.4. The highest BCUT2D eigenvalue weighted by molar-refractivity contribution is 7.26. The lowest BCUT2D eigenvalue weighted by molar-refractivity contribution is -0.124. The molecule has 1 N–H and O–H groups in total. The number of amides is 1. The molecule has 1 atom stereocenters. The van der Waals surface area contributed by atoms with Crippen LogP contribution in [0.2, 0.25) is 0 Å². The molecule has 0 radical (unpaired) electrons. The van der Waals surface area contributed by atoms with E-state index in [9.17, 15) is 9.59 Å². The van der Waals surface area contributed by atoms with Gasteiger partial charge in [-0.1, -0.05) is 24.3 Å². The van der Waals surface area contributed by atoms with E-state index in [0.29, 0.717) is 23.0 Å². The van der Waals surface area contributed by atoms with Crippen molar-refractivity contribution in [3.8, 4) is 21.4 Å². The van der Waals surface area contributed by atoms with Crippen LogP contribution in [0.25, 0.3) is 20.1 Å². The molecule has 0 aliphatic carbocycles. The van der Waals surface area contributed by atoms with Crippen LogP contribution in [0.3, 0.4) is 0 Å². The molecule has 0 bridgehead atoms. The normalized spacial score (nSPS) is 14.8. The van der Waals surface area contributed by atoms with Crippen LogP contribution in [0, 0.1) is 0 Å². The zero-order chi connectivity index (χ0) is 21.9. The molecule has 7 nitrogen and oxygen atoms in total. The average Bonchev–Trinajstić information content (AvgIpc) is 3.48. The molecular weight excluding hydrogens is 448 g/mol. The van der Waals surface area contributed by atoms with Crippen LogP contribution in [0.5, 0.6) is 11.5 Å². The zero-order valence-electron chi connectivity index (χ0n) is 16.8. The highest BCUT2D eigenvalue weighted by atomic mass is 32.1. The van der Waals surface area contributed by atoms with Crippen molar-refractivity contribution in [1.29, 1.82) is 0 Å². The molecule has 1 amide bonds. The van der Waals surface area contributed by atoms with E-state index in [1.165, 1.54) is 11.3 Å². The fourth-order valence-electron chi connectivity index (χ4n) is 3.18. The number of thiophene rings is 1. The number of carbonyl (C=O) groups excluding carboxylic acids is 2. The van der Waals surface area contributed by atoms with Gasteiger partial charge >= 0.3 is 5.97 Å². The molecule has 0 saturated heterocycles. The Morgan fingerprint density at radius 3 is 2.72 bits per heavy atom. The predicted molar refractivity (Wildman–Crippen MR) is 123 cm³/mol. The van der Waals surface area contributed by atoms with Crippen molar-refractivity contribution in [2.45, 2.75) is 6.10 Å². The van der Waals surface area contributed by atoms with Crippen LogP contribution in [-0.2, 0) is 9.53 Å². The lowest BCUT2D eigenvalue weighted by Gasteiger charge is -2.26. The van der Waals surface area contributed by atoms with Gasteiger partial charge in [-0.2, -0.15) is 0 Å². The van der Waals surface area contributed by atoms with Crippen LogP contribution in [0.15, 0.2) is 60.7 Å². The van der Waals surface area contributed by atoms with Gasteiger partial charge in [-0.15, -0.1) is 22.7 Å². The number of hydrogen-bond acceptors (Lipinski definition) is 8. The number of fused-ring (bicyclic) bond motifs is 2. The second-order valence-corrected chi connectivity index (χ2v) is 9.14. The first-order valence-electron chi connectivity index (χ1n) is 9.94. The Morgan fingerprint density at radius 1 is 1.03 bits per heavy atom. The lowest BCUT2D eigenvalue weighted by atomic mass is 10.2. The predicted octanol–water partition coefficient (Wildman–Crippen LogP) is 4.14. The van der Waals surface area contributed by atoms with Crippen molar-refractivity contribution < 1.29 is 23.8 Å². The van der Waals surface area contributed by atoms with Crippen LogP contribution in [0.4, 0.5) is 0 Å². The van der Waals surface area contributed by atoms with E-state index >= 15 is 0 Å². The minimum Gasteiger partial charge on any atom is -0.486 e. The Hall–Kier alpha value is -3.43. The van der Waals surface area contributed by atoms with Crippen molar-refractivity contribution >= 4 is 44.8 Å². The summed E-state index contributed by atoms with van der Waals surface area (Å²) >= 11 is 2.87. The SMILES string of the molecule is O=C(COC(=O)c1ccc(-c2nc3ccccc3s2)s1)NCC1COc2ccccc2O1. The number of ether oxygens (including phenoxy) is 3. The second-order valence-electron chi connectivity index (χ2n) is 7.03. The summed E-state index contributed by atoms with van der Waals surface area (Å²) in [6, 6.07) is 18.8. The molecule has 4 aromatic rings. The third-order valence-corrected chi connectivity index (χ3v) is 7.01. The van der Waals surface area contributed by atoms with Crippen molar-refractivity contribution in [1.82, 2.24) is 10.3 Å². The minimum absolute atomic E-state index is 0.255. The van der Waals surface area contributed by atoms with Gasteiger partial charge in [0.25, 0.3) is 5.91 Å². The fraction of sp³-hybridized carbons (Fsp3) is 0.174. The largest absolute Gasteiger partial charge is 0.486 e. The maximum Gasteiger partial charge on any atom is 0.348 e. The number of aromatic nitrogens is 1. The van der Waals surface area contributed by atoms with E-state index in [2.05, 4.69) is 10.3 Å². The van der Waals surface area contributed by atoms with Gasteiger partial charge in [0.2, 0.25) is 0 Å². The van der Waals surface area contributed by atoms with E-state index in [4.69, 9.17) is 14.2 Å². The number of nitrogens with zero attached hydrogens (tertiary/aromatic N) is 1. The summed E-state index contributed by atoms with van der Waals surface area (Å²) in [5.41, 5.74) is 0.928. The minimum atomic E-state index is -0.538. The summed E-state index contributed by atoms with van der Waals surface area (Å²) in [6.45, 7) is 0.226. The first-order valence-corrected chi connectivity index (χ1v) is 11.6. The van der Waals surface area contributed by atoms with Crippen LogP contribution in [-0.4, -0.2) is 42.7 Å². The Kier molecular flexibility index (Phi) is 5.74. The van der Waals surface area contributed by atoms with Gasteiger partial charge in [-0.05, 0) is 36.4 Å². The van der Waals surface area contributed by atoms with E-state index in [1.807, 2.05) is 54.6 Å². The molecule has 0 fully saturated rings. The van der Waals surface area contributed by atoms with E-state index in [0.717, 1.165) is 20.1 Å². The number of rotatable bonds is 6. The van der Waals surface area contributed by atoms with Crippen LogP contribution >= 0.6 is 22.7 Å². The smallest absolute Gasteiger partial charge is 0.348 e. The van der Waals surface area contributed by atoms with Gasteiger partial charge in [0.05, 0.1) is 21.6 Å². The standard InChI is InChI=1S/C23H18N2O5S2/c26-21(24-11-14-12-28-16-6-2-3-7-17(16)30-14)13-29-23(27)20-10-9-19(31-20)22-25-15-5-1-4-8-18(15)32-22/h1-10,14H,11-13H2,(H,24,26). The number of nitrogens with one attached hydrogen (secondary N) is 1. The molecule has 2 aromatic heterocycles. The molecular formula is C23H18N2O5S2. The maximum absolute atomic E-state index is 12.4. The number of hydrogen-bond donors (Lipinski definition) is 1.